The highest BCUT2D eigenvalue weighted by Gasteiger charge is 2.28. The number of nitrogens with one attached hydrogen (secondary N) is 1. The van der Waals surface area contributed by atoms with E-state index in [0.717, 1.165) is 44.6 Å². The van der Waals surface area contributed by atoms with Crippen molar-refractivity contribution in [1.29, 1.82) is 0 Å². The fraction of sp³-hybridized carbons (Fsp3) is 0.650. The van der Waals surface area contributed by atoms with Crippen molar-refractivity contribution in [2.75, 3.05) is 51.3 Å². The van der Waals surface area contributed by atoms with Crippen LogP contribution in [-0.2, 0) is 14.3 Å². The number of hydrogen-bond donors (Lipinski definition) is 1. The molecule has 0 saturated carbocycles. The van der Waals surface area contributed by atoms with Gasteiger partial charge in [-0.15, -0.1) is 0 Å². The van der Waals surface area contributed by atoms with Gasteiger partial charge < -0.3 is 19.9 Å². The molecule has 0 bridgehead atoms. The van der Waals surface area contributed by atoms with Crippen molar-refractivity contribution in [3.63, 3.8) is 0 Å². The van der Waals surface area contributed by atoms with E-state index in [9.17, 15) is 9.59 Å². The molecular formula is C20H30N4O3. The van der Waals surface area contributed by atoms with E-state index >= 15 is 0 Å². The number of carbonyl (C=O) groups excluding carboxylic acids is 2. The quantitative estimate of drug-likeness (QED) is 0.812. The van der Waals surface area contributed by atoms with Crippen LogP contribution in [0.4, 0.5) is 5.82 Å². The largest absolute Gasteiger partial charge is 0.375 e. The molecule has 1 aromatic rings. The molecule has 148 valence electrons. The SMILES string of the molecule is COCC(=O)N1CCC(C(=O)NCC2CCCN(c3ccccn3)C2)CC1. The summed E-state index contributed by atoms with van der Waals surface area (Å²) in [6, 6.07) is 5.98. The first-order chi connectivity index (χ1) is 13.2. The Morgan fingerprint density at radius 3 is 2.74 bits per heavy atom. The molecule has 0 spiro atoms. The lowest BCUT2D eigenvalue weighted by molar-refractivity contribution is -0.138. The summed E-state index contributed by atoms with van der Waals surface area (Å²) in [5, 5.41) is 3.15. The molecule has 1 N–H and O–H groups in total. The predicted molar refractivity (Wildman–Crippen MR) is 103 cm³/mol. The molecule has 2 aliphatic heterocycles. The van der Waals surface area contributed by atoms with Crippen LogP contribution >= 0.6 is 0 Å². The second-order valence-corrected chi connectivity index (χ2v) is 7.48. The summed E-state index contributed by atoms with van der Waals surface area (Å²) in [5.74, 6) is 1.61. The van der Waals surface area contributed by atoms with Crippen LogP contribution in [-0.4, -0.2) is 68.1 Å². The number of carbonyl (C=O) groups is 2. The normalized spacial score (nSPS) is 21.1. The minimum Gasteiger partial charge on any atom is -0.375 e. The summed E-state index contributed by atoms with van der Waals surface area (Å²) in [5.41, 5.74) is 0. The fourth-order valence-electron chi connectivity index (χ4n) is 3.98. The summed E-state index contributed by atoms with van der Waals surface area (Å²) < 4.78 is 4.90. The predicted octanol–water partition coefficient (Wildman–Crippen LogP) is 1.30. The van der Waals surface area contributed by atoms with Crippen molar-refractivity contribution >= 4 is 17.6 Å². The van der Waals surface area contributed by atoms with Gasteiger partial charge in [0.25, 0.3) is 0 Å². The van der Waals surface area contributed by atoms with Crippen molar-refractivity contribution in [3.8, 4) is 0 Å². The molecule has 2 fully saturated rings. The van der Waals surface area contributed by atoms with Crippen molar-refractivity contribution in [2.24, 2.45) is 11.8 Å². The van der Waals surface area contributed by atoms with Crippen molar-refractivity contribution < 1.29 is 14.3 Å². The van der Waals surface area contributed by atoms with E-state index in [4.69, 9.17) is 4.74 Å². The number of nitrogens with zero attached hydrogens (tertiary/aromatic N) is 3. The summed E-state index contributed by atoms with van der Waals surface area (Å²) in [4.78, 5) is 32.9. The summed E-state index contributed by atoms with van der Waals surface area (Å²) in [7, 11) is 1.53. The Bertz CT molecular complexity index is 617. The molecule has 0 aliphatic carbocycles. The Morgan fingerprint density at radius 2 is 2.04 bits per heavy atom. The van der Waals surface area contributed by atoms with Crippen LogP contribution in [0.15, 0.2) is 24.4 Å². The minimum atomic E-state index is 0.00655. The number of anilines is 1. The van der Waals surface area contributed by atoms with Gasteiger partial charge in [-0.25, -0.2) is 4.98 Å². The molecule has 3 rings (SSSR count). The van der Waals surface area contributed by atoms with E-state index in [1.807, 2.05) is 24.4 Å². The van der Waals surface area contributed by atoms with Gasteiger partial charge >= 0.3 is 0 Å². The highest BCUT2D eigenvalue weighted by molar-refractivity contribution is 5.80. The highest BCUT2D eigenvalue weighted by Crippen LogP contribution is 2.22. The maximum atomic E-state index is 12.5. The molecule has 1 aromatic heterocycles. The summed E-state index contributed by atoms with van der Waals surface area (Å²) in [6.45, 7) is 4.06. The van der Waals surface area contributed by atoms with Crippen LogP contribution in [0.1, 0.15) is 25.7 Å². The number of ether oxygens (including phenoxy) is 1. The third kappa shape index (κ3) is 5.42. The van der Waals surface area contributed by atoms with Gasteiger partial charge in [0.15, 0.2) is 0 Å². The molecule has 2 amide bonds. The first-order valence-electron chi connectivity index (χ1n) is 9.87. The molecule has 1 unspecified atom stereocenters. The van der Waals surface area contributed by atoms with E-state index in [1.165, 1.54) is 7.11 Å². The number of amides is 2. The standard InChI is InChI=1S/C20H30N4O3/c1-27-15-19(25)23-11-7-17(8-12-23)20(26)22-13-16-5-4-10-24(14-16)18-6-2-3-9-21-18/h2-3,6,9,16-17H,4-5,7-8,10-15H2,1H3,(H,22,26). The van der Waals surface area contributed by atoms with Crippen LogP contribution in [0.3, 0.4) is 0 Å². The van der Waals surface area contributed by atoms with Gasteiger partial charge in [-0.1, -0.05) is 6.07 Å². The molecule has 27 heavy (non-hydrogen) atoms. The first kappa shape index (κ1) is 19.6. The molecular weight excluding hydrogens is 344 g/mol. The number of piperidine rings is 2. The Labute approximate surface area is 161 Å². The zero-order valence-corrected chi connectivity index (χ0v) is 16.1. The number of pyridine rings is 1. The Kier molecular flexibility index (Phi) is 7.04. The zero-order valence-electron chi connectivity index (χ0n) is 16.1. The lowest BCUT2D eigenvalue weighted by Crippen LogP contribution is -2.46. The third-order valence-corrected chi connectivity index (χ3v) is 5.54. The van der Waals surface area contributed by atoms with Crippen molar-refractivity contribution in [2.45, 2.75) is 25.7 Å². The molecule has 1 atom stereocenters. The Hall–Kier alpha value is -2.15. The molecule has 0 aromatic carbocycles. The number of likely N-dealkylation sites (tertiary alicyclic amines) is 1. The second-order valence-electron chi connectivity index (χ2n) is 7.48. The molecule has 3 heterocycles. The van der Waals surface area contributed by atoms with Crippen molar-refractivity contribution in [1.82, 2.24) is 15.2 Å². The average Bonchev–Trinajstić information content (AvgIpc) is 2.73. The Balaban J connectivity index is 1.41. The molecule has 7 nitrogen and oxygen atoms in total. The average molecular weight is 374 g/mol. The minimum absolute atomic E-state index is 0.00655. The summed E-state index contributed by atoms with van der Waals surface area (Å²) in [6.07, 6.45) is 5.53. The van der Waals surface area contributed by atoms with Crippen LogP contribution in [0.25, 0.3) is 0 Å². The molecule has 2 aliphatic rings. The lowest BCUT2D eigenvalue weighted by atomic mass is 9.94. The van der Waals surface area contributed by atoms with Crippen LogP contribution in [0.2, 0.25) is 0 Å². The van der Waals surface area contributed by atoms with E-state index in [1.54, 1.807) is 4.90 Å². The van der Waals surface area contributed by atoms with Gasteiger partial charge in [-0.2, -0.15) is 0 Å². The number of hydrogen-bond acceptors (Lipinski definition) is 5. The maximum Gasteiger partial charge on any atom is 0.248 e. The van der Waals surface area contributed by atoms with Crippen LogP contribution in [0, 0.1) is 11.8 Å². The van der Waals surface area contributed by atoms with Crippen LogP contribution < -0.4 is 10.2 Å². The molecule has 2 saturated heterocycles. The zero-order chi connectivity index (χ0) is 19.1. The number of methoxy groups -OCH3 is 1. The highest BCUT2D eigenvalue weighted by atomic mass is 16.5. The van der Waals surface area contributed by atoms with Gasteiger partial charge in [-0.05, 0) is 43.7 Å². The first-order valence-corrected chi connectivity index (χ1v) is 9.87. The van der Waals surface area contributed by atoms with E-state index in [-0.39, 0.29) is 24.3 Å². The van der Waals surface area contributed by atoms with Crippen LogP contribution in [0.5, 0.6) is 0 Å². The van der Waals surface area contributed by atoms with Gasteiger partial charge in [0, 0.05) is 51.9 Å². The van der Waals surface area contributed by atoms with E-state index in [0.29, 0.717) is 25.6 Å². The van der Waals surface area contributed by atoms with E-state index in [2.05, 4.69) is 15.2 Å². The summed E-state index contributed by atoms with van der Waals surface area (Å²) >= 11 is 0. The van der Waals surface area contributed by atoms with Gasteiger partial charge in [0.05, 0.1) is 0 Å². The van der Waals surface area contributed by atoms with Gasteiger partial charge in [0.1, 0.15) is 12.4 Å². The molecule has 0 radical (unpaired) electrons. The topological polar surface area (TPSA) is 74.8 Å². The van der Waals surface area contributed by atoms with Crippen molar-refractivity contribution in [3.05, 3.63) is 24.4 Å². The maximum absolute atomic E-state index is 12.5. The van der Waals surface area contributed by atoms with Gasteiger partial charge in [-0.3, -0.25) is 9.59 Å². The third-order valence-electron chi connectivity index (χ3n) is 5.54. The van der Waals surface area contributed by atoms with Gasteiger partial charge in [0.2, 0.25) is 11.8 Å². The molecule has 7 heteroatoms. The smallest absolute Gasteiger partial charge is 0.248 e. The number of aromatic nitrogens is 1. The lowest BCUT2D eigenvalue weighted by Gasteiger charge is -2.34. The Morgan fingerprint density at radius 1 is 1.22 bits per heavy atom. The number of rotatable bonds is 6. The second kappa shape index (κ2) is 9.69. The van der Waals surface area contributed by atoms with E-state index < -0.39 is 0 Å². The fourth-order valence-corrected chi connectivity index (χ4v) is 3.98. The monoisotopic (exact) mass is 374 g/mol.